The van der Waals surface area contributed by atoms with Gasteiger partial charge in [-0.25, -0.2) is 0 Å². The van der Waals surface area contributed by atoms with Crippen molar-refractivity contribution < 1.29 is 9.84 Å². The summed E-state index contributed by atoms with van der Waals surface area (Å²) in [6.45, 7) is 0.588. The molecule has 2 aromatic carbocycles. The van der Waals surface area contributed by atoms with E-state index in [1.165, 1.54) is 0 Å². The van der Waals surface area contributed by atoms with Crippen LogP contribution in [-0.2, 0) is 4.74 Å². The smallest absolute Gasteiger partial charge is 0.115 e. The molecule has 22 heavy (non-hydrogen) atoms. The number of hydrogen-bond donors (Lipinski definition) is 1. The fourth-order valence-corrected chi connectivity index (χ4v) is 2.49. The highest BCUT2D eigenvalue weighted by atomic mass is 16.5. The normalized spacial score (nSPS) is 18.2. The monoisotopic (exact) mass is 290 g/mol. The van der Waals surface area contributed by atoms with Gasteiger partial charge in [0.2, 0.25) is 0 Å². The Morgan fingerprint density at radius 1 is 1.05 bits per heavy atom. The van der Waals surface area contributed by atoms with Gasteiger partial charge >= 0.3 is 0 Å². The molecule has 2 atom stereocenters. The first-order valence-electron chi connectivity index (χ1n) is 7.43. The second-order valence-electron chi connectivity index (χ2n) is 5.22. The Hall–Kier alpha value is -2.34. The minimum absolute atomic E-state index is 0.0810. The molecule has 2 nitrogen and oxygen atoms in total. The third-order valence-electron chi connectivity index (χ3n) is 3.66. The topological polar surface area (TPSA) is 29.5 Å². The van der Waals surface area contributed by atoms with Crippen LogP contribution in [0.3, 0.4) is 0 Å². The third kappa shape index (κ3) is 3.46. The van der Waals surface area contributed by atoms with Crippen LogP contribution in [0.5, 0.6) is 0 Å². The predicted octanol–water partition coefficient (Wildman–Crippen LogP) is 3.81. The van der Waals surface area contributed by atoms with Crippen molar-refractivity contribution in [1.82, 2.24) is 0 Å². The minimum Gasteiger partial charge on any atom is -0.387 e. The Kier molecular flexibility index (Phi) is 4.70. The summed E-state index contributed by atoms with van der Waals surface area (Å²) < 4.78 is 5.74. The van der Waals surface area contributed by atoms with Crippen LogP contribution in [0.25, 0.3) is 0 Å². The molecule has 0 fully saturated rings. The zero-order valence-corrected chi connectivity index (χ0v) is 12.3. The van der Waals surface area contributed by atoms with Gasteiger partial charge in [0.05, 0.1) is 12.7 Å². The number of rotatable bonds is 3. The minimum atomic E-state index is -0.549. The Morgan fingerprint density at radius 3 is 2.45 bits per heavy atom. The van der Waals surface area contributed by atoms with Crippen molar-refractivity contribution in [2.45, 2.75) is 18.6 Å². The van der Waals surface area contributed by atoms with E-state index in [4.69, 9.17) is 4.74 Å². The molecule has 0 aromatic heterocycles. The van der Waals surface area contributed by atoms with Crippen LogP contribution in [-0.4, -0.2) is 11.7 Å². The van der Waals surface area contributed by atoms with Crippen LogP contribution in [0.4, 0.5) is 0 Å². The van der Waals surface area contributed by atoms with Gasteiger partial charge in [-0.2, -0.15) is 0 Å². The summed E-state index contributed by atoms with van der Waals surface area (Å²) in [4.78, 5) is 0. The van der Waals surface area contributed by atoms with Gasteiger partial charge < -0.3 is 9.84 Å². The average molecular weight is 290 g/mol. The number of hydrogen-bond acceptors (Lipinski definition) is 2. The van der Waals surface area contributed by atoms with E-state index in [0.29, 0.717) is 13.0 Å². The molecule has 1 aliphatic heterocycles. The quantitative estimate of drug-likeness (QED) is 0.871. The molecule has 0 saturated heterocycles. The molecule has 2 aromatic rings. The fraction of sp³-hybridized carbons (Fsp3) is 0.200. The van der Waals surface area contributed by atoms with Gasteiger partial charge in [-0.15, -0.1) is 0 Å². The predicted molar refractivity (Wildman–Crippen MR) is 87.0 cm³/mol. The van der Waals surface area contributed by atoms with Crippen molar-refractivity contribution in [3.63, 3.8) is 0 Å². The largest absolute Gasteiger partial charge is 0.387 e. The lowest BCUT2D eigenvalue weighted by Gasteiger charge is -2.11. The fourth-order valence-electron chi connectivity index (χ4n) is 2.49. The molecule has 1 aliphatic rings. The molecule has 2 heteroatoms. The highest BCUT2D eigenvalue weighted by Crippen LogP contribution is 2.29. The van der Waals surface area contributed by atoms with Gasteiger partial charge in [0, 0.05) is 12.0 Å². The van der Waals surface area contributed by atoms with Gasteiger partial charge in [-0.05, 0) is 17.2 Å². The van der Waals surface area contributed by atoms with Crippen LogP contribution >= 0.6 is 0 Å². The van der Waals surface area contributed by atoms with E-state index in [0.717, 1.165) is 16.7 Å². The van der Waals surface area contributed by atoms with E-state index < -0.39 is 6.10 Å². The maximum atomic E-state index is 10.1. The van der Waals surface area contributed by atoms with Crippen LogP contribution in [0.1, 0.15) is 29.8 Å². The highest BCUT2D eigenvalue weighted by Gasteiger charge is 2.20. The molecular weight excluding hydrogens is 272 g/mol. The number of benzene rings is 2. The van der Waals surface area contributed by atoms with E-state index in [1.54, 1.807) is 0 Å². The molecule has 0 radical (unpaired) electrons. The van der Waals surface area contributed by atoms with Gasteiger partial charge in [0.15, 0.2) is 0 Å². The lowest BCUT2D eigenvalue weighted by Crippen LogP contribution is -2.00. The van der Waals surface area contributed by atoms with E-state index >= 15 is 0 Å². The summed E-state index contributed by atoms with van der Waals surface area (Å²) in [5.74, 6) is 6.23. The number of aliphatic hydroxyl groups excluding tert-OH is 1. The van der Waals surface area contributed by atoms with Gasteiger partial charge in [0.1, 0.15) is 6.10 Å². The molecule has 2 unspecified atom stereocenters. The Morgan fingerprint density at radius 2 is 1.73 bits per heavy atom. The number of aliphatic hydroxyl groups is 1. The summed E-state index contributed by atoms with van der Waals surface area (Å²) in [6.07, 6.45) is 1.80. The standard InChI is InChI=1S/C20H18O2/c21-19(16-8-3-1-4-9-16)13-7-12-18-14-15-22-20(18)17-10-5-2-6-11-17/h1-6,8-11,14,19-21H,13,15H2. The second kappa shape index (κ2) is 7.09. The first-order chi connectivity index (χ1) is 10.8. The SMILES string of the molecule is OC(CC#CC1=CCOC1c1ccccc1)c1ccccc1. The van der Waals surface area contributed by atoms with E-state index in [-0.39, 0.29) is 6.10 Å². The molecule has 0 bridgehead atoms. The van der Waals surface area contributed by atoms with E-state index in [2.05, 4.69) is 11.8 Å². The van der Waals surface area contributed by atoms with Gasteiger partial charge in [-0.3, -0.25) is 0 Å². The molecule has 110 valence electrons. The summed E-state index contributed by atoms with van der Waals surface area (Å²) in [7, 11) is 0. The third-order valence-corrected chi connectivity index (χ3v) is 3.66. The number of ether oxygens (including phenoxy) is 1. The molecular formula is C20H18O2. The van der Waals surface area contributed by atoms with E-state index in [9.17, 15) is 5.11 Å². The summed E-state index contributed by atoms with van der Waals surface area (Å²) in [5.41, 5.74) is 2.99. The average Bonchev–Trinajstić information content (AvgIpc) is 3.05. The summed E-state index contributed by atoms with van der Waals surface area (Å²) in [5, 5.41) is 10.1. The zero-order chi connectivity index (χ0) is 15.2. The first kappa shape index (κ1) is 14.6. The van der Waals surface area contributed by atoms with Gasteiger partial charge in [-0.1, -0.05) is 72.5 Å². The maximum Gasteiger partial charge on any atom is 0.115 e. The lowest BCUT2D eigenvalue weighted by molar-refractivity contribution is 0.125. The van der Waals surface area contributed by atoms with Crippen molar-refractivity contribution in [3.05, 3.63) is 83.4 Å². The van der Waals surface area contributed by atoms with Crippen molar-refractivity contribution in [3.8, 4) is 11.8 Å². The molecule has 0 saturated carbocycles. The van der Waals surface area contributed by atoms with Crippen LogP contribution in [0.15, 0.2) is 72.3 Å². The van der Waals surface area contributed by atoms with Crippen LogP contribution < -0.4 is 0 Å². The maximum absolute atomic E-state index is 10.1. The van der Waals surface area contributed by atoms with Crippen molar-refractivity contribution in [1.29, 1.82) is 0 Å². The molecule has 0 spiro atoms. The van der Waals surface area contributed by atoms with E-state index in [1.807, 2.05) is 66.7 Å². The highest BCUT2D eigenvalue weighted by molar-refractivity contribution is 5.40. The molecule has 0 amide bonds. The second-order valence-corrected chi connectivity index (χ2v) is 5.22. The lowest BCUT2D eigenvalue weighted by atomic mass is 10.0. The molecule has 3 rings (SSSR count). The summed E-state index contributed by atoms with van der Waals surface area (Å²) >= 11 is 0. The zero-order valence-electron chi connectivity index (χ0n) is 12.3. The van der Waals surface area contributed by atoms with Crippen molar-refractivity contribution in [2.24, 2.45) is 0 Å². The van der Waals surface area contributed by atoms with Crippen molar-refractivity contribution in [2.75, 3.05) is 6.61 Å². The van der Waals surface area contributed by atoms with Crippen LogP contribution in [0, 0.1) is 11.8 Å². The van der Waals surface area contributed by atoms with Crippen molar-refractivity contribution >= 4 is 0 Å². The van der Waals surface area contributed by atoms with Gasteiger partial charge in [0.25, 0.3) is 0 Å². The van der Waals surface area contributed by atoms with Crippen LogP contribution in [0.2, 0.25) is 0 Å². The first-order valence-corrected chi connectivity index (χ1v) is 7.43. The summed E-state index contributed by atoms with van der Waals surface area (Å²) in [6, 6.07) is 19.7. The Labute approximate surface area is 131 Å². The molecule has 1 heterocycles. The molecule has 1 N–H and O–H groups in total. The molecule has 0 aliphatic carbocycles. The Bertz CT molecular complexity index is 693. The Balaban J connectivity index is 1.66.